The molecule has 0 N–H and O–H groups in total. The zero-order valence-electron chi connectivity index (χ0n) is 12.4. The lowest BCUT2D eigenvalue weighted by atomic mass is 10.1. The molecule has 2 rings (SSSR count). The fourth-order valence-corrected chi connectivity index (χ4v) is 2.30. The molecule has 0 fully saturated rings. The van der Waals surface area contributed by atoms with Crippen molar-refractivity contribution in [2.75, 3.05) is 0 Å². The first-order valence-corrected chi connectivity index (χ1v) is 7.74. The van der Waals surface area contributed by atoms with Crippen molar-refractivity contribution < 1.29 is 0 Å². The van der Waals surface area contributed by atoms with Gasteiger partial charge in [-0.05, 0) is 18.6 Å². The summed E-state index contributed by atoms with van der Waals surface area (Å²) in [6, 6.07) is 10.3. The highest BCUT2D eigenvalue weighted by Crippen LogP contribution is 2.12. The molecule has 20 heavy (non-hydrogen) atoms. The molecule has 1 heteroatoms. The van der Waals surface area contributed by atoms with Crippen molar-refractivity contribution >= 4 is 10.9 Å². The lowest BCUT2D eigenvalue weighted by Crippen LogP contribution is -1.81. The Morgan fingerprint density at radius 1 is 1.00 bits per heavy atom. The highest BCUT2D eigenvalue weighted by molar-refractivity contribution is 5.79. The smallest absolute Gasteiger partial charge is 0.0702 e. The minimum atomic E-state index is 0.999. The molecule has 0 saturated carbocycles. The van der Waals surface area contributed by atoms with Gasteiger partial charge < -0.3 is 0 Å². The second-order valence-electron chi connectivity index (χ2n) is 5.24. The van der Waals surface area contributed by atoms with Gasteiger partial charge in [0.25, 0.3) is 0 Å². The molecular weight excluding hydrogens is 242 g/mol. The molecule has 0 saturated heterocycles. The number of unbranched alkanes of at least 4 members (excludes halogenated alkanes) is 6. The highest BCUT2D eigenvalue weighted by atomic mass is 14.6. The minimum Gasteiger partial charge on any atom is -0.255 e. The second kappa shape index (κ2) is 8.38. The van der Waals surface area contributed by atoms with Crippen molar-refractivity contribution in [1.29, 1.82) is 0 Å². The van der Waals surface area contributed by atoms with E-state index in [0.717, 1.165) is 17.5 Å². The number of aromatic nitrogens is 1. The van der Waals surface area contributed by atoms with Gasteiger partial charge in [0.2, 0.25) is 0 Å². The monoisotopic (exact) mass is 265 g/mol. The van der Waals surface area contributed by atoms with Gasteiger partial charge in [-0.2, -0.15) is 0 Å². The summed E-state index contributed by atoms with van der Waals surface area (Å²) in [6.07, 6.45) is 10.8. The van der Waals surface area contributed by atoms with E-state index in [2.05, 4.69) is 35.9 Å². The van der Waals surface area contributed by atoms with Crippen molar-refractivity contribution in [2.24, 2.45) is 0 Å². The lowest BCUT2D eigenvalue weighted by Gasteiger charge is -1.97. The summed E-state index contributed by atoms with van der Waals surface area (Å²) in [4.78, 5) is 4.43. The van der Waals surface area contributed by atoms with Gasteiger partial charge in [0, 0.05) is 23.6 Å². The largest absolute Gasteiger partial charge is 0.255 e. The molecule has 1 aromatic heterocycles. The number of benzene rings is 1. The van der Waals surface area contributed by atoms with Gasteiger partial charge in [-0.25, -0.2) is 0 Å². The minimum absolute atomic E-state index is 0.999. The van der Waals surface area contributed by atoms with Crippen LogP contribution < -0.4 is 0 Å². The van der Waals surface area contributed by atoms with E-state index in [1.165, 1.54) is 43.9 Å². The lowest BCUT2D eigenvalue weighted by molar-refractivity contribution is 0.614. The predicted molar refractivity (Wildman–Crippen MR) is 86.6 cm³/mol. The Bertz CT molecular complexity index is 589. The molecule has 1 heterocycles. The van der Waals surface area contributed by atoms with Crippen LogP contribution in [0.1, 0.15) is 57.4 Å². The molecule has 0 bridgehead atoms. The average Bonchev–Trinajstić information content (AvgIpc) is 2.50. The third-order valence-corrected chi connectivity index (χ3v) is 3.48. The van der Waals surface area contributed by atoms with E-state index < -0.39 is 0 Å². The molecule has 0 aliphatic heterocycles. The van der Waals surface area contributed by atoms with Crippen LogP contribution in [0.2, 0.25) is 0 Å². The van der Waals surface area contributed by atoms with Crippen molar-refractivity contribution in [1.82, 2.24) is 4.98 Å². The van der Waals surface area contributed by atoms with Gasteiger partial charge in [-0.1, -0.05) is 69.1 Å². The Labute approximate surface area is 122 Å². The summed E-state index contributed by atoms with van der Waals surface area (Å²) >= 11 is 0. The molecule has 2 aromatic rings. The van der Waals surface area contributed by atoms with Crippen molar-refractivity contribution in [2.45, 2.75) is 51.9 Å². The third-order valence-electron chi connectivity index (χ3n) is 3.48. The predicted octanol–water partition coefficient (Wildman–Crippen LogP) is 5.34. The summed E-state index contributed by atoms with van der Waals surface area (Å²) in [5.41, 5.74) is 2.06. The summed E-state index contributed by atoms with van der Waals surface area (Å²) < 4.78 is 0. The van der Waals surface area contributed by atoms with E-state index in [1.807, 2.05) is 24.4 Å². The van der Waals surface area contributed by atoms with E-state index in [1.54, 1.807) is 0 Å². The molecule has 0 radical (unpaired) electrons. The molecule has 0 atom stereocenters. The van der Waals surface area contributed by atoms with Crippen LogP contribution in [0.4, 0.5) is 0 Å². The molecule has 1 nitrogen and oxygen atoms in total. The maximum absolute atomic E-state index is 4.43. The maximum atomic E-state index is 4.43. The van der Waals surface area contributed by atoms with Gasteiger partial charge >= 0.3 is 0 Å². The van der Waals surface area contributed by atoms with Crippen LogP contribution in [0.15, 0.2) is 36.5 Å². The standard InChI is InChI=1S/C19H23N/c1-2-3-4-5-6-7-8-9-12-17-15-18-13-10-11-14-19(18)20-16-17/h10-11,13-16H,2-8H2,1H3. The first-order valence-electron chi connectivity index (χ1n) is 7.74. The Morgan fingerprint density at radius 2 is 1.80 bits per heavy atom. The number of pyridine rings is 1. The molecule has 1 aromatic carbocycles. The van der Waals surface area contributed by atoms with E-state index in [0.29, 0.717) is 0 Å². The van der Waals surface area contributed by atoms with E-state index >= 15 is 0 Å². The zero-order chi connectivity index (χ0) is 14.0. The molecule has 0 unspecified atom stereocenters. The summed E-state index contributed by atoms with van der Waals surface area (Å²) in [5, 5.41) is 1.17. The molecular formula is C19H23N. The molecule has 0 aliphatic rings. The SMILES string of the molecule is CCCCCCCCC#Cc1cnc2ccccc2c1. The molecule has 0 aliphatic carbocycles. The second-order valence-corrected chi connectivity index (χ2v) is 5.24. The number of hydrogen-bond donors (Lipinski definition) is 0. The van der Waals surface area contributed by atoms with Crippen molar-refractivity contribution in [3.63, 3.8) is 0 Å². The summed E-state index contributed by atoms with van der Waals surface area (Å²) in [7, 11) is 0. The van der Waals surface area contributed by atoms with Crippen LogP contribution in [-0.4, -0.2) is 4.98 Å². The van der Waals surface area contributed by atoms with Gasteiger partial charge in [-0.15, -0.1) is 0 Å². The normalized spacial score (nSPS) is 10.2. The quantitative estimate of drug-likeness (QED) is 0.507. The van der Waals surface area contributed by atoms with Gasteiger partial charge in [0.15, 0.2) is 0 Å². The van der Waals surface area contributed by atoms with Crippen molar-refractivity contribution in [3.8, 4) is 11.8 Å². The Hall–Kier alpha value is -1.81. The van der Waals surface area contributed by atoms with Crippen molar-refractivity contribution in [3.05, 3.63) is 42.1 Å². The fraction of sp³-hybridized carbons (Fsp3) is 0.421. The number of fused-ring (bicyclic) bond motifs is 1. The summed E-state index contributed by atoms with van der Waals surface area (Å²) in [5.74, 6) is 6.49. The Morgan fingerprint density at radius 3 is 2.70 bits per heavy atom. The van der Waals surface area contributed by atoms with E-state index in [9.17, 15) is 0 Å². The summed E-state index contributed by atoms with van der Waals surface area (Å²) in [6.45, 7) is 2.25. The fourth-order valence-electron chi connectivity index (χ4n) is 2.30. The molecule has 0 amide bonds. The van der Waals surface area contributed by atoms with Gasteiger partial charge in [0.1, 0.15) is 0 Å². The highest BCUT2D eigenvalue weighted by Gasteiger charge is 1.94. The zero-order valence-corrected chi connectivity index (χ0v) is 12.4. The maximum Gasteiger partial charge on any atom is 0.0702 e. The third kappa shape index (κ3) is 4.70. The van der Waals surface area contributed by atoms with Crippen LogP contribution in [0, 0.1) is 11.8 Å². The van der Waals surface area contributed by atoms with Gasteiger partial charge in [0.05, 0.1) is 5.52 Å². The number of para-hydroxylation sites is 1. The van der Waals surface area contributed by atoms with E-state index in [-0.39, 0.29) is 0 Å². The first kappa shape index (κ1) is 14.6. The number of rotatable bonds is 6. The first-order chi connectivity index (χ1) is 9.90. The number of hydrogen-bond acceptors (Lipinski definition) is 1. The molecule has 0 spiro atoms. The Balaban J connectivity index is 1.79. The van der Waals surface area contributed by atoms with Crippen LogP contribution in [-0.2, 0) is 0 Å². The van der Waals surface area contributed by atoms with Crippen LogP contribution in [0.3, 0.4) is 0 Å². The number of nitrogens with zero attached hydrogens (tertiary/aromatic N) is 1. The average molecular weight is 265 g/mol. The topological polar surface area (TPSA) is 12.9 Å². The van der Waals surface area contributed by atoms with E-state index in [4.69, 9.17) is 0 Å². The van der Waals surface area contributed by atoms with Crippen LogP contribution in [0.25, 0.3) is 10.9 Å². The van der Waals surface area contributed by atoms with Crippen LogP contribution in [0.5, 0.6) is 0 Å². The van der Waals surface area contributed by atoms with Gasteiger partial charge in [-0.3, -0.25) is 4.98 Å². The van der Waals surface area contributed by atoms with Crippen LogP contribution >= 0.6 is 0 Å². The molecule has 104 valence electrons. The Kier molecular flexibility index (Phi) is 6.11.